The number of hydrogen-bond acceptors (Lipinski definition) is 3. The van der Waals surface area contributed by atoms with Crippen LogP contribution in [0.25, 0.3) is 0 Å². The topological polar surface area (TPSA) is 58.4 Å². The third-order valence-corrected chi connectivity index (χ3v) is 4.75. The summed E-state index contributed by atoms with van der Waals surface area (Å²) in [5.74, 6) is 0.545. The minimum absolute atomic E-state index is 0.0292. The molecule has 0 spiro atoms. The van der Waals surface area contributed by atoms with E-state index in [1.54, 1.807) is 12.1 Å². The van der Waals surface area contributed by atoms with Crippen LogP contribution in [-0.2, 0) is 4.79 Å². The van der Waals surface area contributed by atoms with E-state index in [-0.39, 0.29) is 11.9 Å². The molecule has 4 nitrogen and oxygen atoms in total. The lowest BCUT2D eigenvalue weighted by Crippen LogP contribution is -2.42. The lowest BCUT2D eigenvalue weighted by atomic mass is 9.91. The van der Waals surface area contributed by atoms with Crippen molar-refractivity contribution >= 4 is 39.1 Å². The number of benzene rings is 1. The van der Waals surface area contributed by atoms with Crippen LogP contribution in [0.3, 0.4) is 0 Å². The van der Waals surface area contributed by atoms with Gasteiger partial charge < -0.3 is 11.1 Å². The highest BCUT2D eigenvalue weighted by atomic mass is 79.9. The smallest absolute Gasteiger partial charge is 0.238 e. The fourth-order valence-electron chi connectivity index (χ4n) is 2.62. The number of piperidine rings is 1. The molecule has 0 saturated carbocycles. The molecular weight excluding hydrogens is 354 g/mol. The van der Waals surface area contributed by atoms with Crippen molar-refractivity contribution < 1.29 is 4.79 Å². The highest BCUT2D eigenvalue weighted by Crippen LogP contribution is 2.25. The van der Waals surface area contributed by atoms with Gasteiger partial charge in [0.25, 0.3) is 0 Å². The van der Waals surface area contributed by atoms with Crippen molar-refractivity contribution in [2.45, 2.75) is 25.8 Å². The first-order valence-electron chi connectivity index (χ1n) is 7.18. The summed E-state index contributed by atoms with van der Waals surface area (Å²) < 4.78 is 0.892. The number of nitrogens with one attached hydrogen (secondary N) is 1. The van der Waals surface area contributed by atoms with Crippen LogP contribution in [0, 0.1) is 5.92 Å². The van der Waals surface area contributed by atoms with Crippen LogP contribution >= 0.6 is 27.5 Å². The summed E-state index contributed by atoms with van der Waals surface area (Å²) in [6.45, 7) is 4.31. The number of nitrogens with zero attached hydrogens (tertiary/aromatic N) is 1. The van der Waals surface area contributed by atoms with Crippen molar-refractivity contribution in [1.82, 2.24) is 4.90 Å². The molecule has 116 valence electrons. The molecule has 1 amide bonds. The fraction of sp³-hybridized carbons (Fsp3) is 0.533. The van der Waals surface area contributed by atoms with Gasteiger partial charge in [0.2, 0.25) is 5.91 Å². The van der Waals surface area contributed by atoms with Crippen molar-refractivity contribution in [3.05, 3.63) is 27.7 Å². The molecule has 1 unspecified atom stereocenters. The molecule has 1 aromatic rings. The Morgan fingerprint density at radius 2 is 2.19 bits per heavy atom. The summed E-state index contributed by atoms with van der Waals surface area (Å²) in [4.78, 5) is 14.3. The second kappa shape index (κ2) is 7.58. The average molecular weight is 375 g/mol. The Morgan fingerprint density at radius 3 is 2.76 bits per heavy atom. The summed E-state index contributed by atoms with van der Waals surface area (Å²) in [7, 11) is 0. The van der Waals surface area contributed by atoms with Gasteiger partial charge in [-0.25, -0.2) is 0 Å². The van der Waals surface area contributed by atoms with Crippen LogP contribution in [0.4, 0.5) is 5.69 Å². The zero-order valence-corrected chi connectivity index (χ0v) is 14.5. The van der Waals surface area contributed by atoms with E-state index in [9.17, 15) is 4.79 Å². The van der Waals surface area contributed by atoms with Crippen LogP contribution in [0.1, 0.15) is 19.8 Å². The van der Waals surface area contributed by atoms with Gasteiger partial charge in [-0.05, 0) is 57.0 Å². The molecule has 1 aromatic carbocycles. The number of likely N-dealkylation sites (tertiary alicyclic amines) is 1. The number of amides is 1. The lowest BCUT2D eigenvalue weighted by Gasteiger charge is -2.33. The normalized spacial score (nSPS) is 18.5. The monoisotopic (exact) mass is 373 g/mol. The molecule has 3 N–H and O–H groups in total. The Hall–Kier alpha value is -0.620. The Kier molecular flexibility index (Phi) is 6.05. The minimum atomic E-state index is -0.0292. The standard InChI is InChI=1S/C15H21BrClN3O/c1-10(18)11-4-6-20(7-5-11)9-15(21)19-14-3-2-12(16)8-13(14)17/h2-3,8,10-11H,4-7,9,18H2,1H3,(H,19,21). The third kappa shape index (κ3) is 4.95. The van der Waals surface area contributed by atoms with Crippen molar-refractivity contribution in [2.75, 3.05) is 25.0 Å². The number of anilines is 1. The van der Waals surface area contributed by atoms with E-state index < -0.39 is 0 Å². The van der Waals surface area contributed by atoms with E-state index in [0.717, 1.165) is 30.4 Å². The maximum absolute atomic E-state index is 12.1. The molecule has 1 atom stereocenters. The number of rotatable bonds is 4. The number of halogens is 2. The number of nitrogens with two attached hydrogens (primary N) is 1. The number of carbonyl (C=O) groups is 1. The van der Waals surface area contributed by atoms with Gasteiger partial charge in [0, 0.05) is 10.5 Å². The molecule has 21 heavy (non-hydrogen) atoms. The molecule has 1 fully saturated rings. The van der Waals surface area contributed by atoms with Crippen molar-refractivity contribution in [2.24, 2.45) is 11.7 Å². The van der Waals surface area contributed by atoms with Crippen LogP contribution in [0.2, 0.25) is 5.02 Å². The Balaban J connectivity index is 1.83. The van der Waals surface area contributed by atoms with Crippen LogP contribution in [-0.4, -0.2) is 36.5 Å². The summed E-state index contributed by atoms with van der Waals surface area (Å²) in [6, 6.07) is 5.66. The van der Waals surface area contributed by atoms with E-state index in [0.29, 0.717) is 23.2 Å². The second-order valence-electron chi connectivity index (χ2n) is 5.65. The Morgan fingerprint density at radius 1 is 1.52 bits per heavy atom. The fourth-order valence-corrected chi connectivity index (χ4v) is 3.34. The second-order valence-corrected chi connectivity index (χ2v) is 6.97. The van der Waals surface area contributed by atoms with Crippen molar-refractivity contribution in [3.63, 3.8) is 0 Å². The molecule has 0 radical (unpaired) electrons. The predicted octanol–water partition coefficient (Wildman–Crippen LogP) is 3.10. The van der Waals surface area contributed by atoms with Crippen LogP contribution in [0.15, 0.2) is 22.7 Å². The van der Waals surface area contributed by atoms with Gasteiger partial charge in [0.05, 0.1) is 17.3 Å². The van der Waals surface area contributed by atoms with Gasteiger partial charge >= 0.3 is 0 Å². The first-order valence-corrected chi connectivity index (χ1v) is 8.35. The molecular formula is C15H21BrClN3O. The number of carbonyl (C=O) groups excluding carboxylic acids is 1. The first-order chi connectivity index (χ1) is 9.95. The molecule has 0 aromatic heterocycles. The average Bonchev–Trinajstić information content (AvgIpc) is 2.42. The zero-order chi connectivity index (χ0) is 15.4. The van der Waals surface area contributed by atoms with Crippen LogP contribution in [0.5, 0.6) is 0 Å². The largest absolute Gasteiger partial charge is 0.328 e. The molecule has 0 bridgehead atoms. The van der Waals surface area contributed by atoms with Crippen molar-refractivity contribution in [1.29, 1.82) is 0 Å². The SMILES string of the molecule is CC(N)C1CCN(CC(=O)Nc2ccc(Br)cc2Cl)CC1. The molecule has 6 heteroatoms. The van der Waals surface area contributed by atoms with Crippen LogP contribution < -0.4 is 11.1 Å². The minimum Gasteiger partial charge on any atom is -0.328 e. The van der Waals surface area contributed by atoms with Crippen molar-refractivity contribution in [3.8, 4) is 0 Å². The number of hydrogen-bond donors (Lipinski definition) is 2. The summed E-state index contributed by atoms with van der Waals surface area (Å²) in [6.07, 6.45) is 2.12. The molecule has 1 aliphatic rings. The lowest BCUT2D eigenvalue weighted by molar-refractivity contribution is -0.117. The van der Waals surface area contributed by atoms with E-state index in [1.807, 2.05) is 6.07 Å². The highest BCUT2D eigenvalue weighted by molar-refractivity contribution is 9.10. The molecule has 1 saturated heterocycles. The van der Waals surface area contributed by atoms with E-state index in [4.69, 9.17) is 17.3 Å². The van der Waals surface area contributed by atoms with E-state index in [1.165, 1.54) is 0 Å². The quantitative estimate of drug-likeness (QED) is 0.851. The predicted molar refractivity (Wildman–Crippen MR) is 90.6 cm³/mol. The van der Waals surface area contributed by atoms with Gasteiger partial charge in [0.1, 0.15) is 0 Å². The molecule has 1 heterocycles. The molecule has 0 aliphatic carbocycles. The molecule has 2 rings (SSSR count). The Bertz CT molecular complexity index is 502. The zero-order valence-electron chi connectivity index (χ0n) is 12.1. The summed E-state index contributed by atoms with van der Waals surface area (Å²) in [5.41, 5.74) is 6.58. The maximum atomic E-state index is 12.1. The van der Waals surface area contributed by atoms with Gasteiger partial charge in [0.15, 0.2) is 0 Å². The maximum Gasteiger partial charge on any atom is 0.238 e. The third-order valence-electron chi connectivity index (χ3n) is 3.95. The Labute approximate surface area is 139 Å². The van der Waals surface area contributed by atoms with Gasteiger partial charge in [-0.2, -0.15) is 0 Å². The van der Waals surface area contributed by atoms with Gasteiger partial charge in [-0.15, -0.1) is 0 Å². The summed E-state index contributed by atoms with van der Waals surface area (Å²) >= 11 is 9.44. The first kappa shape index (κ1) is 16.7. The van der Waals surface area contributed by atoms with E-state index in [2.05, 4.69) is 33.1 Å². The van der Waals surface area contributed by atoms with Gasteiger partial charge in [-0.3, -0.25) is 9.69 Å². The molecule has 1 aliphatic heterocycles. The summed E-state index contributed by atoms with van der Waals surface area (Å²) in [5, 5.41) is 3.40. The van der Waals surface area contributed by atoms with Gasteiger partial charge in [-0.1, -0.05) is 27.5 Å². The van der Waals surface area contributed by atoms with E-state index >= 15 is 0 Å². The highest BCUT2D eigenvalue weighted by Gasteiger charge is 2.23.